The van der Waals surface area contributed by atoms with Crippen LogP contribution in [0.5, 0.6) is 0 Å². The van der Waals surface area contributed by atoms with E-state index in [1.54, 1.807) is 11.3 Å². The topological polar surface area (TPSA) is 72.2 Å². The Morgan fingerprint density at radius 3 is 2.59 bits per heavy atom. The standard InChI is InChI=1S/C16H18N2O2S2/c1-8-9(2)21-16(13(8)14(17)19)18-15(20)12-7-10-5-3-4-6-11(10)22-12/h7H,3-6H2,1-2H3,(H2,17,19)(H,18,20). The lowest BCUT2D eigenvalue weighted by molar-refractivity contribution is 0.100. The van der Waals surface area contributed by atoms with Crippen LogP contribution in [0.4, 0.5) is 5.00 Å². The third-order valence-corrected chi connectivity index (χ3v) is 6.44. The molecule has 3 rings (SSSR count). The molecule has 2 aromatic rings. The summed E-state index contributed by atoms with van der Waals surface area (Å²) in [5, 5.41) is 3.42. The van der Waals surface area contributed by atoms with Gasteiger partial charge in [-0.15, -0.1) is 22.7 Å². The summed E-state index contributed by atoms with van der Waals surface area (Å²) in [6.07, 6.45) is 4.52. The predicted molar refractivity (Wildman–Crippen MR) is 91.2 cm³/mol. The SMILES string of the molecule is Cc1sc(NC(=O)c2cc3c(s2)CCCC3)c(C(N)=O)c1C. The maximum absolute atomic E-state index is 12.5. The second-order valence-corrected chi connectivity index (χ2v) is 7.93. The molecule has 0 bridgehead atoms. The number of anilines is 1. The number of hydrogen-bond acceptors (Lipinski definition) is 4. The number of hydrogen-bond donors (Lipinski definition) is 2. The van der Waals surface area contributed by atoms with Crippen LogP contribution < -0.4 is 11.1 Å². The summed E-state index contributed by atoms with van der Waals surface area (Å²) in [7, 11) is 0. The Hall–Kier alpha value is -1.66. The van der Waals surface area contributed by atoms with Gasteiger partial charge in [-0.25, -0.2) is 0 Å². The molecule has 2 heterocycles. The van der Waals surface area contributed by atoms with E-state index in [9.17, 15) is 9.59 Å². The molecule has 0 saturated heterocycles. The van der Waals surface area contributed by atoms with Crippen LogP contribution in [0.15, 0.2) is 6.07 Å². The van der Waals surface area contributed by atoms with E-state index in [-0.39, 0.29) is 5.91 Å². The van der Waals surface area contributed by atoms with Gasteiger partial charge in [-0.05, 0) is 56.7 Å². The first kappa shape index (κ1) is 15.2. The summed E-state index contributed by atoms with van der Waals surface area (Å²) >= 11 is 2.96. The molecule has 22 heavy (non-hydrogen) atoms. The van der Waals surface area contributed by atoms with Gasteiger partial charge in [0.25, 0.3) is 11.8 Å². The first-order chi connectivity index (χ1) is 10.5. The number of carbonyl (C=O) groups is 2. The molecule has 0 unspecified atom stereocenters. The predicted octanol–water partition coefficient (Wildman–Crippen LogP) is 3.66. The largest absolute Gasteiger partial charge is 0.365 e. The van der Waals surface area contributed by atoms with Gasteiger partial charge in [0.1, 0.15) is 5.00 Å². The molecule has 0 spiro atoms. The molecule has 0 atom stereocenters. The molecular formula is C16H18N2O2S2. The second kappa shape index (κ2) is 5.85. The Labute approximate surface area is 137 Å². The number of aryl methyl sites for hydroxylation is 3. The van der Waals surface area contributed by atoms with Crippen LogP contribution in [0.1, 0.15) is 53.8 Å². The van der Waals surface area contributed by atoms with Gasteiger partial charge >= 0.3 is 0 Å². The fourth-order valence-electron chi connectivity index (χ4n) is 2.78. The quantitative estimate of drug-likeness (QED) is 0.899. The molecule has 2 amide bonds. The first-order valence-electron chi connectivity index (χ1n) is 7.30. The molecule has 3 N–H and O–H groups in total. The molecule has 0 aromatic carbocycles. The number of nitrogens with two attached hydrogens (primary N) is 1. The van der Waals surface area contributed by atoms with Crippen molar-refractivity contribution in [1.29, 1.82) is 0 Å². The number of amides is 2. The Kier molecular flexibility index (Phi) is 4.06. The van der Waals surface area contributed by atoms with Crippen LogP contribution in [0, 0.1) is 13.8 Å². The summed E-state index contributed by atoms with van der Waals surface area (Å²) in [5.74, 6) is -0.647. The van der Waals surface area contributed by atoms with Crippen LogP contribution in [0.2, 0.25) is 0 Å². The van der Waals surface area contributed by atoms with Crippen molar-refractivity contribution in [3.8, 4) is 0 Å². The first-order valence-corrected chi connectivity index (χ1v) is 8.93. The molecule has 2 aromatic heterocycles. The number of fused-ring (bicyclic) bond motifs is 1. The van der Waals surface area contributed by atoms with Crippen LogP contribution in [0.3, 0.4) is 0 Å². The minimum Gasteiger partial charge on any atom is -0.365 e. The third-order valence-electron chi connectivity index (χ3n) is 4.08. The number of nitrogens with one attached hydrogen (secondary N) is 1. The molecule has 0 fully saturated rings. The molecule has 6 heteroatoms. The molecule has 1 aliphatic rings. The molecule has 0 saturated carbocycles. The van der Waals surface area contributed by atoms with Crippen molar-refractivity contribution in [3.05, 3.63) is 37.4 Å². The highest BCUT2D eigenvalue weighted by atomic mass is 32.1. The van der Waals surface area contributed by atoms with Gasteiger partial charge in [0, 0.05) is 9.75 Å². The zero-order valence-corrected chi connectivity index (χ0v) is 14.2. The van der Waals surface area contributed by atoms with E-state index in [0.29, 0.717) is 15.4 Å². The summed E-state index contributed by atoms with van der Waals surface area (Å²) < 4.78 is 0. The van der Waals surface area contributed by atoms with Crippen LogP contribution in [-0.2, 0) is 12.8 Å². The fraction of sp³-hybridized carbons (Fsp3) is 0.375. The summed E-state index contributed by atoms with van der Waals surface area (Å²) in [6.45, 7) is 3.78. The van der Waals surface area contributed by atoms with Gasteiger partial charge < -0.3 is 11.1 Å². The van der Waals surface area contributed by atoms with E-state index in [1.807, 2.05) is 19.9 Å². The number of rotatable bonds is 3. The van der Waals surface area contributed by atoms with E-state index in [2.05, 4.69) is 5.32 Å². The highest BCUT2D eigenvalue weighted by molar-refractivity contribution is 7.17. The minimum absolute atomic E-state index is 0.150. The van der Waals surface area contributed by atoms with Crippen molar-refractivity contribution in [2.75, 3.05) is 5.32 Å². The van der Waals surface area contributed by atoms with Crippen molar-refractivity contribution in [1.82, 2.24) is 0 Å². The Bertz CT molecular complexity index is 735. The lowest BCUT2D eigenvalue weighted by Gasteiger charge is -2.08. The summed E-state index contributed by atoms with van der Waals surface area (Å²) in [4.78, 5) is 27.1. The average Bonchev–Trinajstić information content (AvgIpc) is 3.01. The normalized spacial score (nSPS) is 13.7. The average molecular weight is 334 g/mol. The van der Waals surface area contributed by atoms with Crippen LogP contribution in [-0.4, -0.2) is 11.8 Å². The van der Waals surface area contributed by atoms with Gasteiger partial charge in [-0.2, -0.15) is 0 Å². The summed E-state index contributed by atoms with van der Waals surface area (Å²) in [5.41, 5.74) is 8.02. The second-order valence-electron chi connectivity index (χ2n) is 5.57. The van der Waals surface area contributed by atoms with Crippen molar-refractivity contribution in [3.63, 3.8) is 0 Å². The van der Waals surface area contributed by atoms with E-state index >= 15 is 0 Å². The van der Waals surface area contributed by atoms with Crippen LogP contribution >= 0.6 is 22.7 Å². The van der Waals surface area contributed by atoms with E-state index < -0.39 is 5.91 Å². The highest BCUT2D eigenvalue weighted by Gasteiger charge is 2.22. The van der Waals surface area contributed by atoms with Crippen molar-refractivity contribution < 1.29 is 9.59 Å². The Morgan fingerprint density at radius 1 is 1.18 bits per heavy atom. The number of carbonyl (C=O) groups excluding carboxylic acids is 2. The highest BCUT2D eigenvalue weighted by Crippen LogP contribution is 2.34. The molecular weight excluding hydrogens is 316 g/mol. The minimum atomic E-state index is -0.498. The number of primary amides is 1. The summed E-state index contributed by atoms with van der Waals surface area (Å²) in [6, 6.07) is 1.99. The van der Waals surface area contributed by atoms with Crippen molar-refractivity contribution in [2.24, 2.45) is 5.73 Å². The number of thiophene rings is 2. The van der Waals surface area contributed by atoms with Gasteiger partial charge in [-0.1, -0.05) is 0 Å². The van der Waals surface area contributed by atoms with E-state index in [0.717, 1.165) is 23.3 Å². The Balaban J connectivity index is 1.87. The van der Waals surface area contributed by atoms with Crippen molar-refractivity contribution in [2.45, 2.75) is 39.5 Å². The van der Waals surface area contributed by atoms with Crippen molar-refractivity contribution >= 4 is 39.5 Å². The van der Waals surface area contributed by atoms with E-state index in [1.165, 1.54) is 34.6 Å². The smallest absolute Gasteiger partial charge is 0.266 e. The maximum Gasteiger partial charge on any atom is 0.266 e. The third kappa shape index (κ3) is 2.68. The van der Waals surface area contributed by atoms with Gasteiger partial charge in [0.15, 0.2) is 0 Å². The maximum atomic E-state index is 12.5. The molecule has 4 nitrogen and oxygen atoms in total. The lowest BCUT2D eigenvalue weighted by Crippen LogP contribution is -2.16. The lowest BCUT2D eigenvalue weighted by atomic mass is 9.99. The monoisotopic (exact) mass is 334 g/mol. The van der Waals surface area contributed by atoms with Gasteiger partial charge in [-0.3, -0.25) is 9.59 Å². The molecule has 0 aliphatic heterocycles. The Morgan fingerprint density at radius 2 is 1.91 bits per heavy atom. The van der Waals surface area contributed by atoms with E-state index in [4.69, 9.17) is 5.73 Å². The fourth-order valence-corrected chi connectivity index (χ4v) is 4.99. The molecule has 0 radical (unpaired) electrons. The zero-order chi connectivity index (χ0) is 15.9. The van der Waals surface area contributed by atoms with Gasteiger partial charge in [0.2, 0.25) is 0 Å². The van der Waals surface area contributed by atoms with Crippen LogP contribution in [0.25, 0.3) is 0 Å². The molecule has 1 aliphatic carbocycles. The van der Waals surface area contributed by atoms with Gasteiger partial charge in [0.05, 0.1) is 10.4 Å². The zero-order valence-electron chi connectivity index (χ0n) is 12.6. The molecule has 116 valence electrons.